The number of rotatable bonds is 5. The third-order valence-electron chi connectivity index (χ3n) is 4.33. The predicted octanol–water partition coefficient (Wildman–Crippen LogP) is 2.55. The summed E-state index contributed by atoms with van der Waals surface area (Å²) in [6, 6.07) is 11.7. The summed E-state index contributed by atoms with van der Waals surface area (Å²) in [7, 11) is 1.84. The standard InChI is InChI=1S/C18H20N2O3/c1-20(15-9-8-13-5-2-3-6-14(13)15)17(21)10-11-19-18(22)16-7-4-12-23-16/h2-7,12,15H,8-11H2,1H3,(H,19,22). The summed E-state index contributed by atoms with van der Waals surface area (Å²) in [5, 5.41) is 2.70. The molecule has 1 atom stereocenters. The number of hydrogen-bond donors (Lipinski definition) is 1. The molecular formula is C18H20N2O3. The summed E-state index contributed by atoms with van der Waals surface area (Å²) in [6.45, 7) is 0.303. The Balaban J connectivity index is 1.52. The number of carbonyl (C=O) groups excluding carboxylic acids is 2. The van der Waals surface area contributed by atoms with E-state index in [1.807, 2.05) is 19.2 Å². The van der Waals surface area contributed by atoms with Gasteiger partial charge in [0.1, 0.15) is 0 Å². The molecule has 1 aliphatic rings. The number of carbonyl (C=O) groups is 2. The lowest BCUT2D eigenvalue weighted by Gasteiger charge is -2.25. The third kappa shape index (κ3) is 3.28. The molecule has 1 aromatic heterocycles. The average Bonchev–Trinajstić information content (AvgIpc) is 3.23. The van der Waals surface area contributed by atoms with Gasteiger partial charge >= 0.3 is 0 Å². The molecule has 3 rings (SSSR count). The molecule has 0 radical (unpaired) electrons. The van der Waals surface area contributed by atoms with Crippen LogP contribution in [-0.2, 0) is 11.2 Å². The lowest BCUT2D eigenvalue weighted by atomic mass is 10.1. The lowest BCUT2D eigenvalue weighted by Crippen LogP contribution is -2.33. The van der Waals surface area contributed by atoms with E-state index < -0.39 is 0 Å². The summed E-state index contributed by atoms with van der Waals surface area (Å²) in [5.41, 5.74) is 2.56. The van der Waals surface area contributed by atoms with E-state index in [4.69, 9.17) is 4.42 Å². The number of hydrogen-bond acceptors (Lipinski definition) is 3. The monoisotopic (exact) mass is 312 g/mol. The van der Waals surface area contributed by atoms with E-state index in [1.54, 1.807) is 17.0 Å². The van der Waals surface area contributed by atoms with Gasteiger partial charge in [0.25, 0.3) is 5.91 Å². The topological polar surface area (TPSA) is 62.6 Å². The first-order valence-electron chi connectivity index (χ1n) is 7.82. The van der Waals surface area contributed by atoms with Crippen molar-refractivity contribution >= 4 is 11.8 Å². The van der Waals surface area contributed by atoms with Crippen LogP contribution in [0.2, 0.25) is 0 Å². The van der Waals surface area contributed by atoms with Gasteiger partial charge in [-0.3, -0.25) is 9.59 Å². The minimum atomic E-state index is -0.295. The van der Waals surface area contributed by atoms with Crippen LogP contribution in [0.15, 0.2) is 47.1 Å². The van der Waals surface area contributed by atoms with Crippen LogP contribution in [0.4, 0.5) is 0 Å². The Morgan fingerprint density at radius 1 is 1.26 bits per heavy atom. The summed E-state index contributed by atoms with van der Waals surface area (Å²) in [6.07, 6.45) is 3.70. The van der Waals surface area contributed by atoms with Crippen molar-refractivity contribution in [3.63, 3.8) is 0 Å². The van der Waals surface area contributed by atoms with Gasteiger partial charge in [-0.05, 0) is 36.1 Å². The number of aryl methyl sites for hydroxylation is 1. The second-order valence-electron chi connectivity index (χ2n) is 5.74. The predicted molar refractivity (Wildman–Crippen MR) is 85.9 cm³/mol. The molecule has 0 bridgehead atoms. The fourth-order valence-corrected chi connectivity index (χ4v) is 3.06. The van der Waals surface area contributed by atoms with E-state index in [9.17, 15) is 9.59 Å². The molecule has 0 saturated carbocycles. The van der Waals surface area contributed by atoms with Gasteiger partial charge in [0.05, 0.1) is 12.3 Å². The molecule has 0 saturated heterocycles. The summed E-state index contributed by atoms with van der Waals surface area (Å²) in [5.74, 6) is -0.00126. The van der Waals surface area contributed by atoms with Gasteiger partial charge in [-0.25, -0.2) is 0 Å². The van der Waals surface area contributed by atoms with Gasteiger partial charge in [-0.15, -0.1) is 0 Å². The highest BCUT2D eigenvalue weighted by molar-refractivity contribution is 5.91. The maximum atomic E-state index is 12.4. The number of nitrogens with one attached hydrogen (secondary N) is 1. The molecule has 5 heteroatoms. The Hall–Kier alpha value is -2.56. The molecule has 1 aliphatic carbocycles. The van der Waals surface area contributed by atoms with Crippen molar-refractivity contribution in [2.75, 3.05) is 13.6 Å². The molecule has 1 heterocycles. The Bertz CT molecular complexity index is 694. The second-order valence-corrected chi connectivity index (χ2v) is 5.74. The summed E-state index contributed by atoms with van der Waals surface area (Å²) >= 11 is 0. The van der Waals surface area contributed by atoms with Crippen molar-refractivity contribution < 1.29 is 14.0 Å². The fraction of sp³-hybridized carbons (Fsp3) is 0.333. The molecule has 0 aliphatic heterocycles. The van der Waals surface area contributed by atoms with E-state index in [-0.39, 0.29) is 30.0 Å². The quantitative estimate of drug-likeness (QED) is 0.923. The molecular weight excluding hydrogens is 292 g/mol. The Kier molecular flexibility index (Phi) is 4.46. The van der Waals surface area contributed by atoms with E-state index >= 15 is 0 Å². The third-order valence-corrected chi connectivity index (χ3v) is 4.33. The van der Waals surface area contributed by atoms with Crippen molar-refractivity contribution in [3.05, 3.63) is 59.5 Å². The number of benzene rings is 1. The number of furan rings is 1. The molecule has 2 aromatic rings. The summed E-state index contributed by atoms with van der Waals surface area (Å²) < 4.78 is 5.01. The van der Waals surface area contributed by atoms with Gasteiger partial charge < -0.3 is 14.6 Å². The minimum Gasteiger partial charge on any atom is -0.459 e. The van der Waals surface area contributed by atoms with Gasteiger partial charge in [-0.1, -0.05) is 24.3 Å². The van der Waals surface area contributed by atoms with E-state index in [0.717, 1.165) is 12.8 Å². The van der Waals surface area contributed by atoms with Crippen LogP contribution < -0.4 is 5.32 Å². The number of fused-ring (bicyclic) bond motifs is 1. The van der Waals surface area contributed by atoms with Crippen molar-refractivity contribution in [3.8, 4) is 0 Å². The van der Waals surface area contributed by atoms with Gasteiger partial charge in [0.2, 0.25) is 5.91 Å². The van der Waals surface area contributed by atoms with Crippen molar-refractivity contribution in [1.82, 2.24) is 10.2 Å². The fourth-order valence-electron chi connectivity index (χ4n) is 3.06. The largest absolute Gasteiger partial charge is 0.459 e. The summed E-state index contributed by atoms with van der Waals surface area (Å²) in [4.78, 5) is 25.9. The number of nitrogens with zero attached hydrogens (tertiary/aromatic N) is 1. The first-order valence-corrected chi connectivity index (χ1v) is 7.82. The molecule has 1 aromatic carbocycles. The van der Waals surface area contributed by atoms with Crippen LogP contribution in [-0.4, -0.2) is 30.3 Å². The highest BCUT2D eigenvalue weighted by atomic mass is 16.3. The van der Waals surface area contributed by atoms with Gasteiger partial charge in [0.15, 0.2) is 5.76 Å². The highest BCUT2D eigenvalue weighted by Crippen LogP contribution is 2.34. The molecule has 2 amide bonds. The van der Waals surface area contributed by atoms with E-state index in [1.165, 1.54) is 17.4 Å². The van der Waals surface area contributed by atoms with Crippen molar-refractivity contribution in [1.29, 1.82) is 0 Å². The molecule has 0 fully saturated rings. The maximum absolute atomic E-state index is 12.4. The second kappa shape index (κ2) is 6.69. The molecule has 1 N–H and O–H groups in total. The van der Waals surface area contributed by atoms with Crippen LogP contribution in [0.1, 0.15) is 40.6 Å². The Morgan fingerprint density at radius 2 is 2.09 bits per heavy atom. The van der Waals surface area contributed by atoms with Crippen LogP contribution >= 0.6 is 0 Å². The van der Waals surface area contributed by atoms with Crippen LogP contribution in [0.3, 0.4) is 0 Å². The zero-order valence-electron chi connectivity index (χ0n) is 13.1. The van der Waals surface area contributed by atoms with Gasteiger partial charge in [-0.2, -0.15) is 0 Å². The van der Waals surface area contributed by atoms with E-state index in [2.05, 4.69) is 17.4 Å². The average molecular weight is 312 g/mol. The molecule has 5 nitrogen and oxygen atoms in total. The van der Waals surface area contributed by atoms with Crippen LogP contribution in [0, 0.1) is 0 Å². The first-order chi connectivity index (χ1) is 11.2. The Morgan fingerprint density at radius 3 is 2.87 bits per heavy atom. The molecule has 23 heavy (non-hydrogen) atoms. The van der Waals surface area contributed by atoms with E-state index in [0.29, 0.717) is 6.54 Å². The maximum Gasteiger partial charge on any atom is 0.286 e. The zero-order chi connectivity index (χ0) is 16.2. The lowest BCUT2D eigenvalue weighted by molar-refractivity contribution is -0.131. The highest BCUT2D eigenvalue weighted by Gasteiger charge is 2.27. The number of amides is 2. The van der Waals surface area contributed by atoms with Gasteiger partial charge in [0, 0.05) is 20.0 Å². The zero-order valence-corrected chi connectivity index (χ0v) is 13.1. The van der Waals surface area contributed by atoms with Crippen molar-refractivity contribution in [2.45, 2.75) is 25.3 Å². The van der Waals surface area contributed by atoms with Crippen LogP contribution in [0.5, 0.6) is 0 Å². The van der Waals surface area contributed by atoms with Crippen LogP contribution in [0.25, 0.3) is 0 Å². The molecule has 1 unspecified atom stereocenters. The first kappa shape index (κ1) is 15.3. The SMILES string of the molecule is CN(C(=O)CCNC(=O)c1ccco1)C1CCc2ccccc21. The Labute approximate surface area is 135 Å². The smallest absolute Gasteiger partial charge is 0.286 e. The van der Waals surface area contributed by atoms with Crippen molar-refractivity contribution in [2.24, 2.45) is 0 Å². The normalized spacial score (nSPS) is 16.0. The molecule has 0 spiro atoms. The molecule has 120 valence electrons. The minimum absolute atomic E-state index is 0.0337.